The third-order valence-corrected chi connectivity index (χ3v) is 4.72. The number of aryl methyl sites for hydroxylation is 2. The van der Waals surface area contributed by atoms with E-state index in [9.17, 15) is 4.79 Å². The number of carbonyl (C=O) groups is 1. The molecule has 0 aliphatic heterocycles. The molecule has 2 aromatic carbocycles. The first-order valence-corrected chi connectivity index (χ1v) is 9.45. The van der Waals surface area contributed by atoms with Crippen LogP contribution < -0.4 is 10.1 Å². The van der Waals surface area contributed by atoms with Gasteiger partial charge < -0.3 is 10.1 Å². The third-order valence-electron chi connectivity index (χ3n) is 4.19. The number of benzene rings is 2. The number of hydrogen-bond donors (Lipinski definition) is 1. The van der Waals surface area contributed by atoms with Gasteiger partial charge in [0, 0.05) is 17.1 Å². The molecule has 1 aromatic heterocycles. The molecule has 3 aromatic rings. The number of hydrogen-bond acceptors (Lipinski definition) is 4. The summed E-state index contributed by atoms with van der Waals surface area (Å²) in [5.41, 5.74) is 3.58. The zero-order valence-corrected chi connectivity index (χ0v) is 17.2. The number of anilines is 1. The lowest BCUT2D eigenvalue weighted by atomic mass is 10.1. The summed E-state index contributed by atoms with van der Waals surface area (Å²) in [7, 11) is 1.79. The number of nitrogens with one attached hydrogen (secondary N) is 1. The highest BCUT2D eigenvalue weighted by Gasteiger charge is 2.17. The molecule has 28 heavy (non-hydrogen) atoms. The number of nitriles is 1. The van der Waals surface area contributed by atoms with Gasteiger partial charge in [0.25, 0.3) is 5.91 Å². The number of halogens is 1. The van der Waals surface area contributed by atoms with Crippen molar-refractivity contribution in [1.82, 2.24) is 9.78 Å². The first kappa shape index (κ1) is 19.6. The molecule has 1 amide bonds. The largest absolute Gasteiger partial charge is 0.484 e. The lowest BCUT2D eigenvalue weighted by Gasteiger charge is -2.10. The van der Waals surface area contributed by atoms with Crippen molar-refractivity contribution in [1.29, 1.82) is 5.26 Å². The maximum Gasteiger partial charge on any atom is 0.263 e. The van der Waals surface area contributed by atoms with Crippen molar-refractivity contribution in [2.45, 2.75) is 13.3 Å². The molecule has 3 rings (SSSR count). The van der Waals surface area contributed by atoms with Crippen LogP contribution in [-0.4, -0.2) is 22.3 Å². The highest BCUT2D eigenvalue weighted by atomic mass is 79.9. The Morgan fingerprint density at radius 3 is 2.54 bits per heavy atom. The lowest BCUT2D eigenvalue weighted by Crippen LogP contribution is -2.22. The Hall–Kier alpha value is -3.11. The van der Waals surface area contributed by atoms with Crippen molar-refractivity contribution in [3.8, 4) is 22.9 Å². The molecule has 0 unspecified atom stereocenters. The van der Waals surface area contributed by atoms with E-state index >= 15 is 0 Å². The van der Waals surface area contributed by atoms with Gasteiger partial charge in [-0.15, -0.1) is 0 Å². The summed E-state index contributed by atoms with van der Waals surface area (Å²) in [5.74, 6) is 0.923. The van der Waals surface area contributed by atoms with Crippen LogP contribution in [0.5, 0.6) is 5.75 Å². The minimum Gasteiger partial charge on any atom is -0.484 e. The normalized spacial score (nSPS) is 10.4. The van der Waals surface area contributed by atoms with Crippen LogP contribution in [0.1, 0.15) is 11.3 Å². The monoisotopic (exact) mass is 438 g/mol. The molecule has 1 heterocycles. The summed E-state index contributed by atoms with van der Waals surface area (Å²) in [6.07, 6.45) is 0.347. The van der Waals surface area contributed by atoms with Crippen molar-refractivity contribution in [2.24, 2.45) is 7.05 Å². The van der Waals surface area contributed by atoms with Crippen molar-refractivity contribution in [3.63, 3.8) is 0 Å². The van der Waals surface area contributed by atoms with Crippen LogP contribution in [0.15, 0.2) is 53.0 Å². The summed E-state index contributed by atoms with van der Waals surface area (Å²) in [6.45, 7) is 1.79. The number of ether oxygens (including phenoxy) is 1. The van der Waals surface area contributed by atoms with Gasteiger partial charge in [-0.1, -0.05) is 40.2 Å². The zero-order chi connectivity index (χ0) is 20.1. The molecule has 0 saturated carbocycles. The Labute approximate surface area is 171 Å². The summed E-state index contributed by atoms with van der Waals surface area (Å²) < 4.78 is 8.19. The van der Waals surface area contributed by atoms with E-state index < -0.39 is 0 Å². The molecule has 0 fully saturated rings. The van der Waals surface area contributed by atoms with E-state index in [4.69, 9.17) is 10.00 Å². The molecule has 142 valence electrons. The summed E-state index contributed by atoms with van der Waals surface area (Å²) in [5, 5.41) is 16.0. The van der Waals surface area contributed by atoms with Crippen molar-refractivity contribution in [3.05, 3.63) is 64.3 Å². The molecule has 0 bridgehead atoms. The smallest absolute Gasteiger partial charge is 0.263 e. The van der Waals surface area contributed by atoms with Gasteiger partial charge >= 0.3 is 0 Å². The minimum absolute atomic E-state index is 0.123. The van der Waals surface area contributed by atoms with Crippen LogP contribution in [0.4, 0.5) is 5.82 Å². The first-order valence-electron chi connectivity index (χ1n) is 8.66. The zero-order valence-electron chi connectivity index (χ0n) is 15.6. The second kappa shape index (κ2) is 8.72. The van der Waals surface area contributed by atoms with Crippen LogP contribution in [0.3, 0.4) is 0 Å². The Kier molecular flexibility index (Phi) is 6.12. The molecule has 0 aliphatic carbocycles. The van der Waals surface area contributed by atoms with E-state index in [1.807, 2.05) is 43.3 Å². The molecule has 6 nitrogen and oxygen atoms in total. The number of aromatic nitrogens is 2. The van der Waals surface area contributed by atoms with Gasteiger partial charge in [0.1, 0.15) is 11.6 Å². The Morgan fingerprint density at radius 1 is 1.21 bits per heavy atom. The summed E-state index contributed by atoms with van der Waals surface area (Å²) in [4.78, 5) is 12.4. The fourth-order valence-electron chi connectivity index (χ4n) is 2.88. The summed E-state index contributed by atoms with van der Waals surface area (Å²) in [6, 6.07) is 17.1. The SMILES string of the molecule is Cc1nn(C)c(NC(=O)COc2ccc(CC#N)cc2)c1-c1ccc(Br)cc1. The summed E-state index contributed by atoms with van der Waals surface area (Å²) >= 11 is 3.43. The molecule has 7 heteroatoms. The lowest BCUT2D eigenvalue weighted by molar-refractivity contribution is -0.118. The average molecular weight is 439 g/mol. The van der Waals surface area contributed by atoms with Crippen molar-refractivity contribution in [2.75, 3.05) is 11.9 Å². The number of rotatable bonds is 6. The molecule has 0 saturated heterocycles. The maximum absolute atomic E-state index is 12.4. The maximum atomic E-state index is 12.4. The highest BCUT2D eigenvalue weighted by molar-refractivity contribution is 9.10. The highest BCUT2D eigenvalue weighted by Crippen LogP contribution is 2.31. The van der Waals surface area contributed by atoms with Gasteiger partial charge in [0.05, 0.1) is 18.2 Å². The van der Waals surface area contributed by atoms with Gasteiger partial charge in [0.15, 0.2) is 6.61 Å². The topological polar surface area (TPSA) is 79.9 Å². The predicted molar refractivity (Wildman–Crippen MR) is 111 cm³/mol. The number of carbonyl (C=O) groups excluding carboxylic acids is 1. The molecule has 0 radical (unpaired) electrons. The second-order valence-corrected chi connectivity index (χ2v) is 7.17. The second-order valence-electron chi connectivity index (χ2n) is 6.26. The van der Waals surface area contributed by atoms with E-state index in [1.54, 1.807) is 23.9 Å². The van der Waals surface area contributed by atoms with Gasteiger partial charge in [-0.05, 0) is 42.3 Å². The van der Waals surface area contributed by atoms with Crippen LogP contribution in [0, 0.1) is 18.3 Å². The van der Waals surface area contributed by atoms with E-state index in [2.05, 4.69) is 32.4 Å². The molecule has 0 spiro atoms. The van der Waals surface area contributed by atoms with Gasteiger partial charge in [0.2, 0.25) is 0 Å². The van der Waals surface area contributed by atoms with Crippen LogP contribution in [0.2, 0.25) is 0 Å². The van der Waals surface area contributed by atoms with Gasteiger partial charge in [-0.25, -0.2) is 0 Å². The van der Waals surface area contributed by atoms with E-state index in [0.717, 1.165) is 26.9 Å². The van der Waals surface area contributed by atoms with E-state index in [-0.39, 0.29) is 12.5 Å². The molecule has 0 atom stereocenters. The Bertz CT molecular complexity index is 1020. The van der Waals surface area contributed by atoms with Crippen LogP contribution in [-0.2, 0) is 18.3 Å². The quantitative estimate of drug-likeness (QED) is 0.623. The molecular weight excluding hydrogens is 420 g/mol. The molecule has 1 N–H and O–H groups in total. The van der Waals surface area contributed by atoms with Crippen molar-refractivity contribution < 1.29 is 9.53 Å². The fraction of sp³-hybridized carbons (Fsp3) is 0.190. The molecular formula is C21H19BrN4O2. The number of amides is 1. The Morgan fingerprint density at radius 2 is 1.89 bits per heavy atom. The van der Waals surface area contributed by atoms with Crippen LogP contribution >= 0.6 is 15.9 Å². The minimum atomic E-state index is -0.275. The first-order chi connectivity index (χ1) is 13.5. The average Bonchev–Trinajstić information content (AvgIpc) is 2.95. The van der Waals surface area contributed by atoms with Gasteiger partial charge in [-0.2, -0.15) is 10.4 Å². The third kappa shape index (κ3) is 4.59. The Balaban J connectivity index is 1.70. The fourth-order valence-corrected chi connectivity index (χ4v) is 3.14. The molecule has 0 aliphatic rings. The van der Waals surface area contributed by atoms with E-state index in [1.165, 1.54) is 0 Å². The number of nitrogens with zero attached hydrogens (tertiary/aromatic N) is 3. The van der Waals surface area contributed by atoms with Gasteiger partial charge in [-0.3, -0.25) is 9.48 Å². The van der Waals surface area contributed by atoms with Crippen LogP contribution in [0.25, 0.3) is 11.1 Å². The van der Waals surface area contributed by atoms with Crippen molar-refractivity contribution >= 4 is 27.7 Å². The standard InChI is InChI=1S/C21H19BrN4O2/c1-14-20(16-5-7-17(22)8-6-16)21(26(2)25-14)24-19(27)13-28-18-9-3-15(4-10-18)11-12-23/h3-10H,11,13H2,1-2H3,(H,24,27). The van der Waals surface area contributed by atoms with E-state index in [0.29, 0.717) is 18.0 Å². The predicted octanol–water partition coefficient (Wildman–Crippen LogP) is 4.24.